The van der Waals surface area contributed by atoms with Crippen LogP contribution in [0.4, 0.5) is 15.1 Å². The maximum Gasteiger partial charge on any atom is 0.336 e. The summed E-state index contributed by atoms with van der Waals surface area (Å²) in [5, 5.41) is 4.21. The maximum atomic E-state index is 15.1. The number of nitrogens with two attached hydrogens (primary N) is 1. The van der Waals surface area contributed by atoms with Gasteiger partial charge in [0.15, 0.2) is 0 Å². The molecule has 0 aliphatic carbocycles. The topological polar surface area (TPSA) is 98.5 Å². The molecule has 0 spiro atoms. The van der Waals surface area contributed by atoms with E-state index in [0.717, 1.165) is 11.3 Å². The maximum absolute atomic E-state index is 15.1. The minimum absolute atomic E-state index is 0.00938. The summed E-state index contributed by atoms with van der Waals surface area (Å²) in [6.45, 7) is 3.18. The van der Waals surface area contributed by atoms with E-state index in [1.165, 1.54) is 25.1 Å². The normalized spacial score (nSPS) is 14.7. The van der Waals surface area contributed by atoms with Gasteiger partial charge in [-0.1, -0.05) is 41.4 Å². The number of Topliss-reactive ketones (excluding diaryl/α,β-unsaturated/α-hetero) is 1. The first kappa shape index (κ1) is 26.9. The van der Waals surface area contributed by atoms with Crippen molar-refractivity contribution in [1.29, 1.82) is 0 Å². The molecule has 0 saturated carbocycles. The second kappa shape index (κ2) is 11.0. The zero-order chi connectivity index (χ0) is 26.9. The molecule has 192 valence electrons. The van der Waals surface area contributed by atoms with Gasteiger partial charge < -0.3 is 20.6 Å². The largest absolute Gasteiger partial charge is 0.462 e. The Balaban J connectivity index is 1.78. The lowest BCUT2D eigenvalue weighted by Crippen LogP contribution is -2.25. The summed E-state index contributed by atoms with van der Waals surface area (Å²) in [5.74, 6) is -2.49. The van der Waals surface area contributed by atoms with Gasteiger partial charge in [-0.05, 0) is 44.5 Å². The number of hydrogen-bond donors (Lipinski definition) is 2. The number of thiophene rings is 1. The van der Waals surface area contributed by atoms with Crippen molar-refractivity contribution in [2.75, 3.05) is 17.7 Å². The van der Waals surface area contributed by atoms with Gasteiger partial charge in [0.25, 0.3) is 0 Å². The molecule has 3 N–H and O–H groups in total. The number of carbonyl (C=O) groups excluding carboxylic acids is 3. The number of hydrogen-bond acceptors (Lipinski definition) is 7. The Kier molecular flexibility index (Phi) is 8.02. The molecule has 1 aliphatic rings. The van der Waals surface area contributed by atoms with Crippen LogP contribution in [0.3, 0.4) is 0 Å². The Morgan fingerprint density at radius 3 is 2.54 bits per heavy atom. The van der Waals surface area contributed by atoms with Crippen molar-refractivity contribution in [2.45, 2.75) is 32.6 Å². The number of nitrogen functional groups attached to an aromatic ring is 1. The zero-order valence-electron chi connectivity index (χ0n) is 20.0. The van der Waals surface area contributed by atoms with Crippen molar-refractivity contribution < 1.29 is 23.5 Å². The third-order valence-electron chi connectivity index (χ3n) is 6.00. The molecule has 1 unspecified atom stereocenters. The lowest BCUT2D eigenvalue weighted by molar-refractivity contribution is -0.139. The third-order valence-corrected chi connectivity index (χ3v) is 7.87. The molecule has 0 amide bonds. The highest BCUT2D eigenvalue weighted by Crippen LogP contribution is 2.51. The smallest absolute Gasteiger partial charge is 0.336 e. The monoisotopic (exact) mass is 560 g/mol. The Morgan fingerprint density at radius 1 is 1.14 bits per heavy atom. The summed E-state index contributed by atoms with van der Waals surface area (Å²) in [7, 11) is 0. The molecule has 1 aliphatic heterocycles. The molecule has 2 heterocycles. The van der Waals surface area contributed by atoms with Gasteiger partial charge in [-0.3, -0.25) is 4.79 Å². The fraction of sp³-hybridized carbons (Fsp3) is 0.222. The van der Waals surface area contributed by atoms with E-state index in [1.807, 2.05) is 0 Å². The van der Waals surface area contributed by atoms with E-state index in [4.69, 9.17) is 33.7 Å². The molecule has 10 heteroatoms. The Labute approximate surface area is 227 Å². The molecular weight excluding hydrogens is 538 g/mol. The second-order valence-electron chi connectivity index (χ2n) is 8.61. The van der Waals surface area contributed by atoms with Crippen LogP contribution in [-0.2, 0) is 14.3 Å². The fourth-order valence-electron chi connectivity index (χ4n) is 4.23. The number of esters is 1. The first-order valence-electron chi connectivity index (χ1n) is 11.4. The van der Waals surface area contributed by atoms with E-state index in [2.05, 4.69) is 5.32 Å². The summed E-state index contributed by atoms with van der Waals surface area (Å²) in [6.07, 6.45) is 0.654. The standard InChI is InChI=1S/C27H23Cl2FN2O4S/c1-13(33)6-5-11-36-27(35)20-14(2)32-26-22(21(20)16-7-3-4-8-19(16)30)23(31)25(37-26)24(34)15-9-10-17(28)18(29)12-15/h3-4,7-10,12,21,32H,5-6,11,31H2,1-2H3. The summed E-state index contributed by atoms with van der Waals surface area (Å²) < 4.78 is 20.6. The first-order chi connectivity index (χ1) is 17.6. The van der Waals surface area contributed by atoms with Crippen molar-refractivity contribution in [3.63, 3.8) is 0 Å². The molecular formula is C27H23Cl2FN2O4S. The average molecular weight is 561 g/mol. The Hall–Kier alpha value is -3.20. The predicted molar refractivity (Wildman–Crippen MR) is 144 cm³/mol. The number of allylic oxidation sites excluding steroid dienone is 1. The van der Waals surface area contributed by atoms with Crippen molar-refractivity contribution >= 4 is 62.8 Å². The first-order valence-corrected chi connectivity index (χ1v) is 13.0. The fourth-order valence-corrected chi connectivity index (χ4v) is 5.70. The van der Waals surface area contributed by atoms with Crippen molar-refractivity contribution in [3.8, 4) is 0 Å². The predicted octanol–water partition coefficient (Wildman–Crippen LogP) is 6.75. The van der Waals surface area contributed by atoms with Crippen LogP contribution in [0.25, 0.3) is 0 Å². The molecule has 2 aromatic carbocycles. The van der Waals surface area contributed by atoms with Crippen molar-refractivity contribution in [3.05, 3.63) is 91.2 Å². The van der Waals surface area contributed by atoms with Crippen LogP contribution in [0.1, 0.15) is 59.0 Å². The number of ether oxygens (including phenoxy) is 1. The molecule has 1 aromatic heterocycles. The van der Waals surface area contributed by atoms with Crippen LogP contribution in [0.2, 0.25) is 10.0 Å². The van der Waals surface area contributed by atoms with Gasteiger partial charge in [0.1, 0.15) is 16.5 Å². The average Bonchev–Trinajstić information content (AvgIpc) is 3.18. The molecule has 0 bridgehead atoms. The zero-order valence-corrected chi connectivity index (χ0v) is 22.3. The van der Waals surface area contributed by atoms with Crippen LogP contribution in [0, 0.1) is 5.82 Å². The summed E-state index contributed by atoms with van der Waals surface area (Å²) in [5.41, 5.74) is 8.21. The molecule has 0 radical (unpaired) electrons. The Bertz CT molecular complexity index is 1450. The number of fused-ring (bicyclic) bond motifs is 1. The molecule has 6 nitrogen and oxygen atoms in total. The second-order valence-corrected chi connectivity index (χ2v) is 10.4. The summed E-state index contributed by atoms with van der Waals surface area (Å²) in [6, 6.07) is 10.6. The number of ketones is 2. The lowest BCUT2D eigenvalue weighted by atomic mass is 9.81. The molecule has 4 rings (SSSR count). The van der Waals surface area contributed by atoms with Crippen LogP contribution in [0.5, 0.6) is 0 Å². The van der Waals surface area contributed by atoms with Gasteiger partial charge in [0, 0.05) is 28.8 Å². The van der Waals surface area contributed by atoms with Gasteiger partial charge >= 0.3 is 5.97 Å². The summed E-state index contributed by atoms with van der Waals surface area (Å²) in [4.78, 5) is 38.1. The number of nitrogens with one attached hydrogen (secondary N) is 1. The van der Waals surface area contributed by atoms with Crippen LogP contribution >= 0.6 is 34.5 Å². The SMILES string of the molecule is CC(=O)CCCOC(=O)C1=C(C)Nc2sc(C(=O)c3ccc(Cl)c(Cl)c3)c(N)c2C1c1ccccc1F. The lowest BCUT2D eigenvalue weighted by Gasteiger charge is -2.28. The number of benzene rings is 2. The Morgan fingerprint density at radius 2 is 1.86 bits per heavy atom. The summed E-state index contributed by atoms with van der Waals surface area (Å²) >= 11 is 13.2. The highest BCUT2D eigenvalue weighted by Gasteiger charge is 2.39. The molecule has 1 atom stereocenters. The number of anilines is 2. The number of carbonyl (C=O) groups is 3. The van der Waals surface area contributed by atoms with Crippen molar-refractivity contribution in [2.24, 2.45) is 0 Å². The van der Waals surface area contributed by atoms with Gasteiger partial charge in [-0.15, -0.1) is 11.3 Å². The minimum atomic E-state index is -0.913. The highest BCUT2D eigenvalue weighted by atomic mass is 35.5. The van der Waals surface area contributed by atoms with E-state index in [9.17, 15) is 14.4 Å². The third kappa shape index (κ3) is 5.42. The molecule has 3 aromatic rings. The molecule has 0 fully saturated rings. The van der Waals surface area contributed by atoms with E-state index >= 15 is 4.39 Å². The van der Waals surface area contributed by atoms with Crippen LogP contribution in [-0.4, -0.2) is 24.1 Å². The van der Waals surface area contributed by atoms with Crippen molar-refractivity contribution in [1.82, 2.24) is 0 Å². The van der Waals surface area contributed by atoms with Crippen LogP contribution in [0.15, 0.2) is 53.7 Å². The van der Waals surface area contributed by atoms with Gasteiger partial charge in [-0.25, -0.2) is 9.18 Å². The number of halogens is 3. The van der Waals surface area contributed by atoms with E-state index in [1.54, 1.807) is 31.2 Å². The minimum Gasteiger partial charge on any atom is -0.462 e. The molecule has 37 heavy (non-hydrogen) atoms. The van der Waals surface area contributed by atoms with Crippen LogP contribution < -0.4 is 11.1 Å². The van der Waals surface area contributed by atoms with Gasteiger partial charge in [0.05, 0.1) is 38.8 Å². The van der Waals surface area contributed by atoms with Gasteiger partial charge in [0.2, 0.25) is 5.78 Å². The quantitative estimate of drug-likeness (QED) is 0.179. The van der Waals surface area contributed by atoms with E-state index in [0.29, 0.717) is 27.7 Å². The number of rotatable bonds is 8. The van der Waals surface area contributed by atoms with Gasteiger partial charge in [-0.2, -0.15) is 0 Å². The van der Waals surface area contributed by atoms with E-state index in [-0.39, 0.29) is 56.9 Å². The molecule has 0 saturated heterocycles. The van der Waals surface area contributed by atoms with E-state index < -0.39 is 17.7 Å². The highest BCUT2D eigenvalue weighted by molar-refractivity contribution is 7.19.